The van der Waals surface area contributed by atoms with Crippen LogP contribution in [0.3, 0.4) is 0 Å². The molecular formula is C11H14BrN5. The van der Waals surface area contributed by atoms with Gasteiger partial charge in [0.15, 0.2) is 0 Å². The highest BCUT2D eigenvalue weighted by atomic mass is 79.9. The Bertz CT molecular complexity index is 488. The highest BCUT2D eigenvalue weighted by Gasteiger charge is 2.00. The summed E-state index contributed by atoms with van der Waals surface area (Å²) in [6.45, 7) is 2.68. The molecule has 0 amide bonds. The Kier molecular flexibility index (Phi) is 3.73. The Morgan fingerprint density at radius 2 is 2.24 bits per heavy atom. The van der Waals surface area contributed by atoms with E-state index in [1.54, 1.807) is 4.68 Å². The number of anilines is 1. The molecule has 0 aliphatic carbocycles. The maximum atomic E-state index is 4.31. The first-order valence-corrected chi connectivity index (χ1v) is 6.16. The molecule has 0 fully saturated rings. The highest BCUT2D eigenvalue weighted by Crippen LogP contribution is 2.11. The fraction of sp³-hybridized carbons (Fsp3) is 0.364. The lowest BCUT2D eigenvalue weighted by Gasteiger charge is -2.05. The average molecular weight is 296 g/mol. The van der Waals surface area contributed by atoms with Gasteiger partial charge >= 0.3 is 0 Å². The van der Waals surface area contributed by atoms with E-state index in [9.17, 15) is 0 Å². The van der Waals surface area contributed by atoms with Gasteiger partial charge in [-0.25, -0.2) is 9.97 Å². The molecule has 2 heterocycles. The Morgan fingerprint density at radius 1 is 1.41 bits per heavy atom. The van der Waals surface area contributed by atoms with Crippen molar-refractivity contribution in [2.24, 2.45) is 7.05 Å². The molecule has 90 valence electrons. The van der Waals surface area contributed by atoms with E-state index in [-0.39, 0.29) is 0 Å². The second-order valence-electron chi connectivity index (χ2n) is 3.78. The Hall–Kier alpha value is -1.43. The zero-order valence-electron chi connectivity index (χ0n) is 9.81. The van der Waals surface area contributed by atoms with Gasteiger partial charge in [-0.3, -0.25) is 4.68 Å². The third-order valence-electron chi connectivity index (χ3n) is 2.26. The smallest absolute Gasteiger partial charge is 0.130 e. The summed E-state index contributed by atoms with van der Waals surface area (Å²) in [7, 11) is 1.92. The van der Waals surface area contributed by atoms with Crippen LogP contribution in [0.1, 0.15) is 11.5 Å². The molecule has 2 aromatic heterocycles. The molecule has 0 aliphatic heterocycles. The number of hydrogen-bond donors (Lipinski definition) is 1. The molecule has 0 saturated carbocycles. The third kappa shape index (κ3) is 3.52. The van der Waals surface area contributed by atoms with E-state index < -0.39 is 0 Å². The van der Waals surface area contributed by atoms with Crippen LogP contribution in [0.25, 0.3) is 0 Å². The van der Waals surface area contributed by atoms with Crippen LogP contribution in [0.4, 0.5) is 5.82 Å². The maximum Gasteiger partial charge on any atom is 0.130 e. The van der Waals surface area contributed by atoms with Crippen LogP contribution in [-0.4, -0.2) is 26.3 Å². The Balaban J connectivity index is 1.89. The number of aryl methyl sites for hydroxylation is 2. The molecular weight excluding hydrogens is 282 g/mol. The van der Waals surface area contributed by atoms with E-state index in [4.69, 9.17) is 0 Å². The maximum absolute atomic E-state index is 4.31. The molecule has 6 heteroatoms. The number of aromatic nitrogens is 4. The van der Waals surface area contributed by atoms with Crippen molar-refractivity contribution in [1.29, 1.82) is 0 Å². The van der Waals surface area contributed by atoms with Crippen molar-refractivity contribution in [2.75, 3.05) is 11.9 Å². The van der Waals surface area contributed by atoms with Gasteiger partial charge in [-0.05, 0) is 28.9 Å². The first kappa shape index (κ1) is 12.0. The minimum Gasteiger partial charge on any atom is -0.370 e. The molecule has 0 saturated heterocycles. The molecule has 2 rings (SSSR count). The van der Waals surface area contributed by atoms with Crippen LogP contribution < -0.4 is 5.32 Å². The van der Waals surface area contributed by atoms with Gasteiger partial charge in [0.05, 0.1) is 5.69 Å². The largest absolute Gasteiger partial charge is 0.370 e. The minimum absolute atomic E-state index is 0.750. The second-order valence-corrected chi connectivity index (χ2v) is 4.59. The summed E-state index contributed by atoms with van der Waals surface area (Å²) in [5.74, 6) is 1.58. The Labute approximate surface area is 108 Å². The van der Waals surface area contributed by atoms with Crippen molar-refractivity contribution in [2.45, 2.75) is 13.3 Å². The monoisotopic (exact) mass is 295 g/mol. The first-order chi connectivity index (χ1) is 8.13. The van der Waals surface area contributed by atoms with Gasteiger partial charge in [-0.1, -0.05) is 0 Å². The summed E-state index contributed by atoms with van der Waals surface area (Å²) >= 11 is 3.35. The molecule has 0 aromatic carbocycles. The fourth-order valence-electron chi connectivity index (χ4n) is 1.54. The standard InChI is InChI=1S/C11H14BrN5/c1-8-14-10(12)7-11(15-8)13-5-3-9-4-6-17(2)16-9/h4,6-7H,3,5H2,1-2H3,(H,13,14,15). The summed E-state index contributed by atoms with van der Waals surface area (Å²) in [5.41, 5.74) is 1.07. The van der Waals surface area contributed by atoms with E-state index in [0.717, 1.165) is 34.9 Å². The van der Waals surface area contributed by atoms with Gasteiger partial charge in [0.1, 0.15) is 16.2 Å². The predicted octanol–water partition coefficient (Wildman–Crippen LogP) is 1.94. The summed E-state index contributed by atoms with van der Waals surface area (Å²) in [4.78, 5) is 8.45. The summed E-state index contributed by atoms with van der Waals surface area (Å²) in [6, 6.07) is 3.88. The van der Waals surface area contributed by atoms with E-state index >= 15 is 0 Å². The minimum atomic E-state index is 0.750. The molecule has 2 aromatic rings. The molecule has 0 radical (unpaired) electrons. The van der Waals surface area contributed by atoms with Gasteiger partial charge in [0.25, 0.3) is 0 Å². The number of nitrogens with one attached hydrogen (secondary N) is 1. The SMILES string of the molecule is Cc1nc(Br)cc(NCCc2ccn(C)n2)n1. The van der Waals surface area contributed by atoms with Gasteiger partial charge in [0, 0.05) is 32.3 Å². The van der Waals surface area contributed by atoms with Crippen molar-refractivity contribution in [3.63, 3.8) is 0 Å². The number of nitrogens with zero attached hydrogens (tertiary/aromatic N) is 4. The highest BCUT2D eigenvalue weighted by molar-refractivity contribution is 9.10. The van der Waals surface area contributed by atoms with Crippen LogP contribution >= 0.6 is 15.9 Å². The van der Waals surface area contributed by atoms with Crippen LogP contribution in [0.15, 0.2) is 22.9 Å². The summed E-state index contributed by atoms with van der Waals surface area (Å²) < 4.78 is 2.60. The molecule has 0 spiro atoms. The van der Waals surface area contributed by atoms with E-state index in [1.165, 1.54) is 0 Å². The van der Waals surface area contributed by atoms with E-state index in [1.807, 2.05) is 32.3 Å². The van der Waals surface area contributed by atoms with Crippen LogP contribution in [0.5, 0.6) is 0 Å². The lowest BCUT2D eigenvalue weighted by Crippen LogP contribution is -2.08. The van der Waals surface area contributed by atoms with E-state index in [2.05, 4.69) is 36.3 Å². The molecule has 0 bridgehead atoms. The van der Waals surface area contributed by atoms with Crippen molar-refractivity contribution >= 4 is 21.7 Å². The number of rotatable bonds is 4. The predicted molar refractivity (Wildman–Crippen MR) is 69.9 cm³/mol. The molecule has 1 N–H and O–H groups in total. The van der Waals surface area contributed by atoms with Crippen molar-refractivity contribution in [3.05, 3.63) is 34.5 Å². The van der Waals surface area contributed by atoms with Crippen molar-refractivity contribution in [1.82, 2.24) is 19.7 Å². The summed E-state index contributed by atoms with van der Waals surface area (Å²) in [5, 5.41) is 7.57. The van der Waals surface area contributed by atoms with Gasteiger partial charge in [0.2, 0.25) is 0 Å². The molecule has 0 aliphatic rings. The second kappa shape index (κ2) is 5.27. The normalized spacial score (nSPS) is 10.5. The van der Waals surface area contributed by atoms with Crippen LogP contribution in [-0.2, 0) is 13.5 Å². The van der Waals surface area contributed by atoms with Gasteiger partial charge in [-0.15, -0.1) is 0 Å². The average Bonchev–Trinajstić information content (AvgIpc) is 2.63. The molecule has 17 heavy (non-hydrogen) atoms. The van der Waals surface area contributed by atoms with Crippen molar-refractivity contribution < 1.29 is 0 Å². The summed E-state index contributed by atoms with van der Waals surface area (Å²) in [6.07, 6.45) is 2.82. The van der Waals surface area contributed by atoms with Crippen molar-refractivity contribution in [3.8, 4) is 0 Å². The lowest BCUT2D eigenvalue weighted by atomic mass is 10.3. The van der Waals surface area contributed by atoms with Crippen LogP contribution in [0.2, 0.25) is 0 Å². The first-order valence-electron chi connectivity index (χ1n) is 5.37. The van der Waals surface area contributed by atoms with Crippen LogP contribution in [0, 0.1) is 6.92 Å². The lowest BCUT2D eigenvalue weighted by molar-refractivity contribution is 0.741. The Morgan fingerprint density at radius 3 is 2.88 bits per heavy atom. The quantitative estimate of drug-likeness (QED) is 0.876. The fourth-order valence-corrected chi connectivity index (χ4v) is 2.01. The third-order valence-corrected chi connectivity index (χ3v) is 2.67. The molecule has 0 atom stereocenters. The van der Waals surface area contributed by atoms with Gasteiger partial charge in [-0.2, -0.15) is 5.10 Å². The number of halogens is 1. The molecule has 5 nitrogen and oxygen atoms in total. The number of hydrogen-bond acceptors (Lipinski definition) is 4. The van der Waals surface area contributed by atoms with Gasteiger partial charge < -0.3 is 5.32 Å². The molecule has 0 unspecified atom stereocenters. The zero-order chi connectivity index (χ0) is 12.3. The zero-order valence-corrected chi connectivity index (χ0v) is 11.4. The van der Waals surface area contributed by atoms with E-state index in [0.29, 0.717) is 0 Å². The topological polar surface area (TPSA) is 55.6 Å².